The molecule has 1 N–H and O–H groups in total. The monoisotopic (exact) mass is 620 g/mol. The highest BCUT2D eigenvalue weighted by atomic mass is 16.9. The molecule has 1 aliphatic heterocycles. The van der Waals surface area contributed by atoms with Crippen LogP contribution in [0.25, 0.3) is 46.3 Å². The molecule has 1 amide bonds. The maximum atomic E-state index is 12.1. The molecule has 5 aromatic rings. The van der Waals surface area contributed by atoms with Gasteiger partial charge in [0.2, 0.25) is 29.9 Å². The summed E-state index contributed by atoms with van der Waals surface area (Å²) in [6.45, 7) is 7.34. The lowest BCUT2D eigenvalue weighted by Crippen LogP contribution is -2.34. The molecular formula is C29H28N6O10. The molecule has 0 aliphatic carbocycles. The Morgan fingerprint density at radius 1 is 0.844 bits per heavy atom. The average molecular weight is 621 g/mol. The van der Waals surface area contributed by atoms with Crippen molar-refractivity contribution in [2.24, 2.45) is 0 Å². The molecule has 6 rings (SSSR count). The number of oxazole rings is 4. The summed E-state index contributed by atoms with van der Waals surface area (Å²) in [6, 6.07) is 5.12. The lowest BCUT2D eigenvalue weighted by atomic mass is 10.2. The predicted octanol–water partition coefficient (Wildman–Crippen LogP) is 4.95. The molecular weight excluding hydrogens is 592 g/mol. The molecule has 234 valence electrons. The first-order valence-electron chi connectivity index (χ1n) is 13.8. The summed E-state index contributed by atoms with van der Waals surface area (Å²) in [5.41, 5.74) is 1.15. The molecule has 1 fully saturated rings. The van der Waals surface area contributed by atoms with E-state index >= 15 is 0 Å². The van der Waals surface area contributed by atoms with E-state index in [1.165, 1.54) is 25.9 Å². The summed E-state index contributed by atoms with van der Waals surface area (Å²) in [5, 5.41) is 2.70. The van der Waals surface area contributed by atoms with Gasteiger partial charge in [0.15, 0.2) is 23.4 Å². The second-order valence-electron chi connectivity index (χ2n) is 10.7. The fraction of sp³-hybridized carbons (Fsp3) is 0.345. The smallest absolute Gasteiger partial charge is 0.407 e. The topological polar surface area (TPSA) is 200 Å². The Balaban J connectivity index is 1.19. The fourth-order valence-corrected chi connectivity index (χ4v) is 4.16. The third-order valence-electron chi connectivity index (χ3n) is 6.13. The Kier molecular flexibility index (Phi) is 7.90. The Morgan fingerprint density at radius 2 is 1.47 bits per heavy atom. The molecule has 5 aromatic heterocycles. The highest BCUT2D eigenvalue weighted by molar-refractivity contribution is 5.87. The lowest BCUT2D eigenvalue weighted by Gasteiger charge is -2.32. The summed E-state index contributed by atoms with van der Waals surface area (Å²) in [7, 11) is 1.24. The minimum atomic E-state index is -0.715. The minimum absolute atomic E-state index is 0.00178. The number of hydrogen-bond acceptors (Lipinski definition) is 15. The van der Waals surface area contributed by atoms with Gasteiger partial charge in [0.1, 0.15) is 47.2 Å². The standard InChI is InChI=1S/C29H28N6O10/c1-14-42-27(43-14)21-20(9-10-30-28(37)45-29(2,3)4)44-25(35-21)18-12-40-23(33-18)16-8-6-7-15(31-16)22-32-17(11-39-22)24-34-19(13-41-24)26(36)38-5/h6-8,11-14,27H,9-10H2,1-5H3,(H,30,37). The average Bonchev–Trinajstić information content (AvgIpc) is 3.80. The van der Waals surface area contributed by atoms with E-state index in [9.17, 15) is 9.59 Å². The van der Waals surface area contributed by atoms with E-state index in [4.69, 9.17) is 31.9 Å². The molecule has 6 heterocycles. The molecule has 1 saturated heterocycles. The quantitative estimate of drug-likeness (QED) is 0.217. The summed E-state index contributed by atoms with van der Waals surface area (Å²) in [6.07, 6.45) is 2.54. The second kappa shape index (κ2) is 12.0. The van der Waals surface area contributed by atoms with Gasteiger partial charge in [-0.25, -0.2) is 34.5 Å². The number of amides is 1. The van der Waals surface area contributed by atoms with E-state index in [0.29, 0.717) is 35.0 Å². The van der Waals surface area contributed by atoms with Crippen LogP contribution < -0.4 is 5.32 Å². The predicted molar refractivity (Wildman–Crippen MR) is 150 cm³/mol. The number of nitrogens with one attached hydrogen (secondary N) is 1. The van der Waals surface area contributed by atoms with Crippen LogP contribution in [0.4, 0.5) is 4.79 Å². The van der Waals surface area contributed by atoms with E-state index in [1.54, 1.807) is 45.9 Å². The Hall–Kier alpha value is -5.35. The van der Waals surface area contributed by atoms with Gasteiger partial charge in [-0.05, 0) is 39.8 Å². The van der Waals surface area contributed by atoms with Crippen molar-refractivity contribution in [3.05, 3.63) is 54.1 Å². The highest BCUT2D eigenvalue weighted by Gasteiger charge is 2.35. The SMILES string of the molecule is COC(=O)c1coc(-c2coc(-c3cccc(-c4nc(-c5nc(C6OC(C)O6)c(CCNC(=O)OC(C)(C)C)o5)co4)n3)n2)n1. The van der Waals surface area contributed by atoms with Crippen LogP contribution in [-0.4, -0.2) is 62.5 Å². The number of pyridine rings is 1. The molecule has 1 aliphatic rings. The molecule has 0 spiro atoms. The van der Waals surface area contributed by atoms with Gasteiger partial charge in [-0.3, -0.25) is 0 Å². The van der Waals surface area contributed by atoms with E-state index in [2.05, 4.69) is 35.0 Å². The van der Waals surface area contributed by atoms with Crippen LogP contribution >= 0.6 is 0 Å². The number of alkyl carbamates (subject to hydrolysis) is 1. The summed E-state index contributed by atoms with van der Waals surface area (Å²) in [5.74, 6) is 0.424. The highest BCUT2D eigenvalue weighted by Crippen LogP contribution is 2.36. The van der Waals surface area contributed by atoms with Crippen LogP contribution in [0.2, 0.25) is 0 Å². The van der Waals surface area contributed by atoms with Crippen LogP contribution in [0.15, 0.2) is 54.7 Å². The van der Waals surface area contributed by atoms with Crippen molar-refractivity contribution in [3.8, 4) is 46.3 Å². The number of methoxy groups -OCH3 is 1. The van der Waals surface area contributed by atoms with Gasteiger partial charge < -0.3 is 41.9 Å². The second-order valence-corrected chi connectivity index (χ2v) is 10.7. The first-order chi connectivity index (χ1) is 21.6. The molecule has 0 saturated carbocycles. The first-order valence-corrected chi connectivity index (χ1v) is 13.8. The van der Waals surface area contributed by atoms with Crippen molar-refractivity contribution < 1.29 is 46.2 Å². The molecule has 16 nitrogen and oxygen atoms in total. The van der Waals surface area contributed by atoms with Crippen molar-refractivity contribution in [2.75, 3.05) is 13.7 Å². The molecule has 0 unspecified atom stereocenters. The van der Waals surface area contributed by atoms with E-state index in [0.717, 1.165) is 0 Å². The number of nitrogens with zero attached hydrogens (tertiary/aromatic N) is 5. The maximum absolute atomic E-state index is 12.1. The van der Waals surface area contributed by atoms with E-state index in [-0.39, 0.29) is 47.8 Å². The van der Waals surface area contributed by atoms with E-state index < -0.39 is 24.0 Å². The fourth-order valence-electron chi connectivity index (χ4n) is 4.16. The van der Waals surface area contributed by atoms with Crippen molar-refractivity contribution in [1.29, 1.82) is 0 Å². The molecule has 0 radical (unpaired) electrons. The number of carbonyl (C=O) groups excluding carboxylic acids is 2. The van der Waals surface area contributed by atoms with Gasteiger partial charge in [-0.1, -0.05) is 6.07 Å². The molecule has 45 heavy (non-hydrogen) atoms. The minimum Gasteiger partial charge on any atom is -0.464 e. The molecule has 0 bridgehead atoms. The van der Waals surface area contributed by atoms with Gasteiger partial charge in [0, 0.05) is 13.0 Å². The molecule has 0 aromatic carbocycles. The summed E-state index contributed by atoms with van der Waals surface area (Å²) >= 11 is 0. The maximum Gasteiger partial charge on any atom is 0.407 e. The zero-order chi connectivity index (χ0) is 31.7. The van der Waals surface area contributed by atoms with Gasteiger partial charge >= 0.3 is 12.1 Å². The number of hydrogen-bond donors (Lipinski definition) is 1. The Bertz CT molecular complexity index is 1820. The number of esters is 1. The van der Waals surface area contributed by atoms with Crippen LogP contribution in [0, 0.1) is 0 Å². The number of ether oxygens (including phenoxy) is 4. The third kappa shape index (κ3) is 6.61. The van der Waals surface area contributed by atoms with Crippen LogP contribution in [0.5, 0.6) is 0 Å². The zero-order valence-electron chi connectivity index (χ0n) is 24.9. The number of aromatic nitrogens is 5. The van der Waals surface area contributed by atoms with Gasteiger partial charge in [0.05, 0.1) is 7.11 Å². The number of rotatable bonds is 9. The Morgan fingerprint density at radius 3 is 2.09 bits per heavy atom. The van der Waals surface area contributed by atoms with Crippen molar-refractivity contribution in [1.82, 2.24) is 30.2 Å². The molecule has 0 atom stereocenters. The van der Waals surface area contributed by atoms with Gasteiger partial charge in [-0.2, -0.15) is 0 Å². The van der Waals surface area contributed by atoms with Crippen molar-refractivity contribution in [3.63, 3.8) is 0 Å². The van der Waals surface area contributed by atoms with Crippen molar-refractivity contribution >= 4 is 12.1 Å². The summed E-state index contributed by atoms with van der Waals surface area (Å²) in [4.78, 5) is 45.8. The Labute approximate surface area is 255 Å². The van der Waals surface area contributed by atoms with Crippen LogP contribution in [0.3, 0.4) is 0 Å². The largest absolute Gasteiger partial charge is 0.464 e. The lowest BCUT2D eigenvalue weighted by molar-refractivity contribution is -0.384. The van der Waals surface area contributed by atoms with Crippen LogP contribution in [-0.2, 0) is 25.4 Å². The third-order valence-corrected chi connectivity index (χ3v) is 6.13. The van der Waals surface area contributed by atoms with Gasteiger partial charge in [-0.15, -0.1) is 0 Å². The molecule has 16 heteroatoms. The van der Waals surface area contributed by atoms with Crippen LogP contribution in [0.1, 0.15) is 55.9 Å². The summed E-state index contributed by atoms with van der Waals surface area (Å²) < 4.78 is 43.8. The first kappa shape index (κ1) is 29.7. The normalized spacial score (nSPS) is 16.3. The zero-order valence-corrected chi connectivity index (χ0v) is 24.9. The van der Waals surface area contributed by atoms with Gasteiger partial charge in [0.25, 0.3) is 0 Å². The number of carbonyl (C=O) groups is 2. The van der Waals surface area contributed by atoms with E-state index in [1.807, 2.05) is 0 Å². The van der Waals surface area contributed by atoms with Crippen molar-refractivity contribution in [2.45, 2.75) is 52.3 Å².